The molecule has 4 aromatic rings. The maximum atomic E-state index is 14.3. The molecule has 5 nitrogen and oxygen atoms in total. The molecule has 1 heterocycles. The van der Waals surface area contributed by atoms with Crippen molar-refractivity contribution in [3.8, 4) is 11.5 Å². The summed E-state index contributed by atoms with van der Waals surface area (Å²) in [5, 5.41) is 3.08. The molecular formula is C23H18ClFN2O3S. The number of aryl methyl sites for hydroxylation is 1. The number of sulfone groups is 1. The third kappa shape index (κ3) is 4.33. The Morgan fingerprint density at radius 3 is 2.39 bits per heavy atom. The largest absolute Gasteiger partial charge is 0.419 e. The van der Waals surface area contributed by atoms with Gasteiger partial charge in [0.1, 0.15) is 10.7 Å². The standard InChI is InChI=1S/C23H18ClFN2O3S/c1-15-10-12-16(13-11-15)21-27-23(31(28,29)20-9-5-4-8-19(20)25)22(30-21)26-14-17-6-2-3-7-18(17)24/h2-13,26H,14H2,1H3. The predicted molar refractivity (Wildman–Crippen MR) is 117 cm³/mol. The van der Waals surface area contributed by atoms with Gasteiger partial charge in [-0.15, -0.1) is 0 Å². The summed E-state index contributed by atoms with van der Waals surface area (Å²) in [6.45, 7) is 2.13. The van der Waals surface area contributed by atoms with Gasteiger partial charge in [0.2, 0.25) is 26.6 Å². The van der Waals surface area contributed by atoms with Crippen LogP contribution in [0.1, 0.15) is 11.1 Å². The highest BCUT2D eigenvalue weighted by molar-refractivity contribution is 7.91. The third-order valence-electron chi connectivity index (χ3n) is 4.67. The van der Waals surface area contributed by atoms with Gasteiger partial charge in [0, 0.05) is 17.1 Å². The van der Waals surface area contributed by atoms with Gasteiger partial charge in [-0.1, -0.05) is 59.6 Å². The van der Waals surface area contributed by atoms with E-state index in [9.17, 15) is 12.8 Å². The summed E-state index contributed by atoms with van der Waals surface area (Å²) < 4.78 is 46.5. The van der Waals surface area contributed by atoms with Gasteiger partial charge in [-0.2, -0.15) is 4.98 Å². The molecule has 1 aromatic heterocycles. The van der Waals surface area contributed by atoms with Crippen LogP contribution in [-0.4, -0.2) is 13.4 Å². The number of hydrogen-bond donors (Lipinski definition) is 1. The fourth-order valence-electron chi connectivity index (χ4n) is 3.00. The Morgan fingerprint density at radius 1 is 1.00 bits per heavy atom. The lowest BCUT2D eigenvalue weighted by Gasteiger charge is -2.08. The summed E-state index contributed by atoms with van der Waals surface area (Å²) in [6.07, 6.45) is 0. The number of hydrogen-bond acceptors (Lipinski definition) is 5. The van der Waals surface area contributed by atoms with Crippen LogP contribution in [-0.2, 0) is 16.4 Å². The third-order valence-corrected chi connectivity index (χ3v) is 6.74. The van der Waals surface area contributed by atoms with Crippen LogP contribution in [0, 0.1) is 12.7 Å². The van der Waals surface area contributed by atoms with Crippen molar-refractivity contribution in [3.05, 3.63) is 94.8 Å². The van der Waals surface area contributed by atoms with E-state index >= 15 is 0 Å². The Labute approximate surface area is 184 Å². The van der Waals surface area contributed by atoms with Crippen LogP contribution in [0.2, 0.25) is 5.02 Å². The van der Waals surface area contributed by atoms with Crippen LogP contribution in [0.5, 0.6) is 0 Å². The molecule has 31 heavy (non-hydrogen) atoms. The Morgan fingerprint density at radius 2 is 1.68 bits per heavy atom. The van der Waals surface area contributed by atoms with Crippen molar-refractivity contribution in [1.82, 2.24) is 4.98 Å². The van der Waals surface area contributed by atoms with Crippen molar-refractivity contribution >= 4 is 27.3 Å². The fourth-order valence-corrected chi connectivity index (χ4v) is 4.56. The zero-order chi connectivity index (χ0) is 22.0. The molecule has 0 aliphatic heterocycles. The Bertz CT molecular complexity index is 1340. The molecule has 4 rings (SSSR count). The van der Waals surface area contributed by atoms with E-state index in [1.165, 1.54) is 18.2 Å². The van der Waals surface area contributed by atoms with Crippen LogP contribution in [0.15, 0.2) is 87.1 Å². The molecule has 0 radical (unpaired) electrons. The summed E-state index contributed by atoms with van der Waals surface area (Å²) >= 11 is 6.20. The second-order valence-electron chi connectivity index (χ2n) is 6.90. The molecule has 0 saturated carbocycles. The number of oxazole rings is 1. The van der Waals surface area contributed by atoms with Gasteiger partial charge < -0.3 is 9.73 Å². The summed E-state index contributed by atoms with van der Waals surface area (Å²) in [4.78, 5) is 3.74. The highest BCUT2D eigenvalue weighted by atomic mass is 35.5. The molecule has 0 amide bonds. The maximum Gasteiger partial charge on any atom is 0.234 e. The molecule has 0 spiro atoms. The van der Waals surface area contributed by atoms with Crippen molar-refractivity contribution in [3.63, 3.8) is 0 Å². The molecule has 8 heteroatoms. The van der Waals surface area contributed by atoms with Crippen LogP contribution in [0.25, 0.3) is 11.5 Å². The van der Waals surface area contributed by atoms with Crippen molar-refractivity contribution in [2.24, 2.45) is 0 Å². The monoisotopic (exact) mass is 456 g/mol. The van der Waals surface area contributed by atoms with E-state index in [1.54, 1.807) is 30.3 Å². The number of halogens is 2. The van der Waals surface area contributed by atoms with Gasteiger partial charge in [-0.3, -0.25) is 0 Å². The lowest BCUT2D eigenvalue weighted by Crippen LogP contribution is -2.09. The first-order valence-electron chi connectivity index (χ1n) is 9.41. The molecular weight excluding hydrogens is 439 g/mol. The minimum Gasteiger partial charge on any atom is -0.419 e. The molecule has 158 valence electrons. The van der Waals surface area contributed by atoms with Crippen LogP contribution in [0.3, 0.4) is 0 Å². The zero-order valence-corrected chi connectivity index (χ0v) is 18.0. The SMILES string of the molecule is Cc1ccc(-c2nc(S(=O)(=O)c3ccccc3F)c(NCc3ccccc3Cl)o2)cc1. The van der Waals surface area contributed by atoms with E-state index in [0.717, 1.165) is 17.2 Å². The van der Waals surface area contributed by atoms with Crippen molar-refractivity contribution in [1.29, 1.82) is 0 Å². The van der Waals surface area contributed by atoms with E-state index < -0.39 is 20.5 Å². The Balaban J connectivity index is 1.79. The quantitative estimate of drug-likeness (QED) is 0.392. The first-order valence-corrected chi connectivity index (χ1v) is 11.3. The number of benzene rings is 3. The average Bonchev–Trinajstić information content (AvgIpc) is 3.19. The van der Waals surface area contributed by atoms with E-state index in [1.807, 2.05) is 25.1 Å². The number of anilines is 1. The van der Waals surface area contributed by atoms with Gasteiger partial charge in [-0.05, 0) is 42.8 Å². The number of rotatable bonds is 6. The molecule has 0 fully saturated rings. The first kappa shape index (κ1) is 21.1. The van der Waals surface area contributed by atoms with Gasteiger partial charge in [0.05, 0.1) is 0 Å². The minimum absolute atomic E-state index is 0.0845. The van der Waals surface area contributed by atoms with Gasteiger partial charge >= 0.3 is 0 Å². The minimum atomic E-state index is -4.29. The highest BCUT2D eigenvalue weighted by Gasteiger charge is 2.30. The number of aromatic nitrogens is 1. The van der Waals surface area contributed by atoms with Crippen LogP contribution in [0.4, 0.5) is 10.3 Å². The summed E-state index contributed by atoms with van der Waals surface area (Å²) in [5.74, 6) is -0.838. The Hall–Kier alpha value is -3.16. The summed E-state index contributed by atoms with van der Waals surface area (Å²) in [6, 6.07) is 19.6. The number of nitrogens with zero attached hydrogens (tertiary/aromatic N) is 1. The maximum absolute atomic E-state index is 14.3. The molecule has 0 bridgehead atoms. The van der Waals surface area contributed by atoms with E-state index in [4.69, 9.17) is 16.0 Å². The lowest BCUT2D eigenvalue weighted by atomic mass is 10.1. The molecule has 1 N–H and O–H groups in total. The fraction of sp³-hybridized carbons (Fsp3) is 0.0870. The molecule has 0 atom stereocenters. The van der Waals surface area contributed by atoms with Gasteiger partial charge in [-0.25, -0.2) is 12.8 Å². The summed E-state index contributed by atoms with van der Waals surface area (Å²) in [7, 11) is -4.29. The molecule has 0 unspecified atom stereocenters. The smallest absolute Gasteiger partial charge is 0.234 e. The molecule has 3 aromatic carbocycles. The van der Waals surface area contributed by atoms with E-state index in [-0.39, 0.29) is 23.3 Å². The van der Waals surface area contributed by atoms with Gasteiger partial charge in [0.15, 0.2) is 0 Å². The average molecular weight is 457 g/mol. The highest BCUT2D eigenvalue weighted by Crippen LogP contribution is 2.33. The van der Waals surface area contributed by atoms with E-state index in [0.29, 0.717) is 10.6 Å². The molecule has 0 saturated heterocycles. The first-order chi connectivity index (χ1) is 14.9. The normalized spacial score (nSPS) is 11.5. The van der Waals surface area contributed by atoms with Crippen molar-refractivity contribution in [2.75, 3.05) is 5.32 Å². The van der Waals surface area contributed by atoms with Gasteiger partial charge in [0.25, 0.3) is 0 Å². The topological polar surface area (TPSA) is 72.2 Å². The summed E-state index contributed by atoms with van der Waals surface area (Å²) in [5.41, 5.74) is 2.37. The lowest BCUT2D eigenvalue weighted by molar-refractivity contribution is 0.562. The van der Waals surface area contributed by atoms with Crippen LogP contribution < -0.4 is 5.32 Å². The molecule has 0 aliphatic rings. The predicted octanol–water partition coefficient (Wildman–Crippen LogP) is 5.89. The van der Waals surface area contributed by atoms with Crippen LogP contribution >= 0.6 is 11.6 Å². The van der Waals surface area contributed by atoms with E-state index in [2.05, 4.69) is 10.3 Å². The number of nitrogens with one attached hydrogen (secondary N) is 1. The Kier molecular flexibility index (Phi) is 5.80. The van der Waals surface area contributed by atoms with Crippen molar-refractivity contribution in [2.45, 2.75) is 23.4 Å². The van der Waals surface area contributed by atoms with Crippen molar-refractivity contribution < 1.29 is 17.2 Å². The zero-order valence-electron chi connectivity index (χ0n) is 16.5. The second-order valence-corrected chi connectivity index (χ2v) is 9.14. The second kappa shape index (κ2) is 8.53. The molecule has 0 aliphatic carbocycles.